The van der Waals surface area contributed by atoms with Crippen LogP contribution in [0.25, 0.3) is 0 Å². The number of ether oxygens (including phenoxy) is 1. The molecule has 1 aliphatic heterocycles. The summed E-state index contributed by atoms with van der Waals surface area (Å²) in [5, 5.41) is 3.19. The van der Waals surface area contributed by atoms with Gasteiger partial charge in [-0.3, -0.25) is 10.1 Å². The lowest BCUT2D eigenvalue weighted by Crippen LogP contribution is -2.43. The maximum Gasteiger partial charge on any atom is 0.323 e. The Morgan fingerprint density at radius 2 is 2.24 bits per heavy atom. The molecule has 2 N–H and O–H groups in total. The summed E-state index contributed by atoms with van der Waals surface area (Å²) in [5.74, 6) is -0.120. The molecule has 2 aliphatic rings. The van der Waals surface area contributed by atoms with Gasteiger partial charge in [-0.05, 0) is 25.7 Å². The van der Waals surface area contributed by atoms with E-state index in [-0.39, 0.29) is 18.1 Å². The summed E-state index contributed by atoms with van der Waals surface area (Å²) in [6, 6.07) is -0.230. The van der Waals surface area contributed by atoms with Crippen LogP contribution < -0.4 is 5.32 Å². The molecule has 5 nitrogen and oxygen atoms in total. The number of aromatic amines is 1. The third kappa shape index (κ3) is 2.20. The molecule has 1 saturated carbocycles. The molecule has 1 aromatic heterocycles. The SMILES string of the molecule is O=C(OC1CCCC1)C1Cc2nc[nH]c2CN1. The minimum atomic E-state index is -0.230. The minimum Gasteiger partial charge on any atom is -0.461 e. The van der Waals surface area contributed by atoms with Gasteiger partial charge in [-0.1, -0.05) is 0 Å². The first-order valence-corrected chi connectivity index (χ1v) is 6.28. The third-order valence-electron chi connectivity index (χ3n) is 3.60. The fraction of sp³-hybridized carbons (Fsp3) is 0.667. The second-order valence-corrected chi connectivity index (χ2v) is 4.81. The smallest absolute Gasteiger partial charge is 0.323 e. The van der Waals surface area contributed by atoms with Gasteiger partial charge in [-0.15, -0.1) is 0 Å². The van der Waals surface area contributed by atoms with Gasteiger partial charge in [0.1, 0.15) is 12.1 Å². The van der Waals surface area contributed by atoms with Crippen molar-refractivity contribution in [3.05, 3.63) is 17.7 Å². The number of H-pyrrole nitrogens is 1. The quantitative estimate of drug-likeness (QED) is 0.748. The van der Waals surface area contributed by atoms with E-state index in [4.69, 9.17) is 4.74 Å². The topological polar surface area (TPSA) is 67.0 Å². The summed E-state index contributed by atoms with van der Waals surface area (Å²) < 4.78 is 5.50. The van der Waals surface area contributed by atoms with Gasteiger partial charge in [0.15, 0.2) is 0 Å². The van der Waals surface area contributed by atoms with E-state index in [9.17, 15) is 4.79 Å². The maximum absolute atomic E-state index is 12.0. The number of esters is 1. The highest BCUT2D eigenvalue weighted by Crippen LogP contribution is 2.22. The number of hydrogen-bond acceptors (Lipinski definition) is 4. The van der Waals surface area contributed by atoms with Gasteiger partial charge in [-0.2, -0.15) is 0 Å². The standard InChI is InChI=1S/C12H17N3O2/c16-12(17-8-3-1-2-4-8)10-5-9-11(6-13-10)15-7-14-9/h7-8,10,13H,1-6H2,(H,14,15). The van der Waals surface area contributed by atoms with E-state index in [2.05, 4.69) is 15.3 Å². The van der Waals surface area contributed by atoms with E-state index in [1.165, 1.54) is 12.8 Å². The van der Waals surface area contributed by atoms with Crippen LogP contribution in [0.2, 0.25) is 0 Å². The Balaban J connectivity index is 1.60. The maximum atomic E-state index is 12.0. The van der Waals surface area contributed by atoms with Crippen LogP contribution >= 0.6 is 0 Å². The van der Waals surface area contributed by atoms with Gasteiger partial charge in [-0.25, -0.2) is 4.98 Å². The molecule has 5 heteroatoms. The normalized spacial score (nSPS) is 24.6. The summed E-state index contributed by atoms with van der Waals surface area (Å²) in [5.41, 5.74) is 2.06. The van der Waals surface area contributed by atoms with Gasteiger partial charge >= 0.3 is 5.97 Å². The molecule has 0 bridgehead atoms. The third-order valence-corrected chi connectivity index (χ3v) is 3.60. The van der Waals surface area contributed by atoms with Crippen LogP contribution in [0.15, 0.2) is 6.33 Å². The van der Waals surface area contributed by atoms with Gasteiger partial charge in [0.05, 0.1) is 17.7 Å². The van der Waals surface area contributed by atoms with Crippen molar-refractivity contribution >= 4 is 5.97 Å². The average molecular weight is 235 g/mol. The van der Waals surface area contributed by atoms with Crippen molar-refractivity contribution in [2.75, 3.05) is 0 Å². The molecule has 2 heterocycles. The number of hydrogen-bond donors (Lipinski definition) is 2. The molecule has 1 fully saturated rings. The molecule has 0 spiro atoms. The van der Waals surface area contributed by atoms with Crippen LogP contribution in [-0.4, -0.2) is 28.1 Å². The number of aromatic nitrogens is 2. The first kappa shape index (κ1) is 10.8. The summed E-state index contributed by atoms with van der Waals surface area (Å²) in [4.78, 5) is 19.2. The Bertz CT molecular complexity index is 410. The lowest BCUT2D eigenvalue weighted by atomic mass is 10.1. The Morgan fingerprint density at radius 1 is 1.41 bits per heavy atom. The molecule has 1 atom stereocenters. The number of imidazole rings is 1. The zero-order valence-electron chi connectivity index (χ0n) is 9.74. The van der Waals surface area contributed by atoms with Crippen LogP contribution in [-0.2, 0) is 22.5 Å². The molecule has 1 unspecified atom stereocenters. The summed E-state index contributed by atoms with van der Waals surface area (Å²) >= 11 is 0. The van der Waals surface area contributed by atoms with Crippen LogP contribution in [0.4, 0.5) is 0 Å². The lowest BCUT2D eigenvalue weighted by Gasteiger charge is -2.23. The molecule has 0 amide bonds. The molecule has 17 heavy (non-hydrogen) atoms. The number of fused-ring (bicyclic) bond motifs is 1. The number of carbonyl (C=O) groups excluding carboxylic acids is 1. The van der Waals surface area contributed by atoms with Gasteiger partial charge in [0.25, 0.3) is 0 Å². The van der Waals surface area contributed by atoms with Crippen molar-refractivity contribution in [1.82, 2.24) is 15.3 Å². The Kier molecular flexibility index (Phi) is 2.84. The predicted octanol–water partition coefficient (Wildman–Crippen LogP) is 0.910. The summed E-state index contributed by atoms with van der Waals surface area (Å²) in [6.45, 7) is 0.666. The molecule has 0 aromatic carbocycles. The monoisotopic (exact) mass is 235 g/mol. The number of carbonyl (C=O) groups is 1. The van der Waals surface area contributed by atoms with Crippen LogP contribution in [0.1, 0.15) is 37.1 Å². The van der Waals surface area contributed by atoms with Crippen molar-refractivity contribution < 1.29 is 9.53 Å². The van der Waals surface area contributed by atoms with E-state index in [0.717, 1.165) is 24.2 Å². The van der Waals surface area contributed by atoms with Crippen LogP contribution in [0, 0.1) is 0 Å². The molecule has 0 radical (unpaired) electrons. The Hall–Kier alpha value is -1.36. The zero-order valence-corrected chi connectivity index (χ0v) is 9.74. The number of rotatable bonds is 2. The van der Waals surface area contributed by atoms with Crippen molar-refractivity contribution in [2.45, 2.75) is 50.8 Å². The lowest BCUT2D eigenvalue weighted by molar-refractivity contribution is -0.151. The highest BCUT2D eigenvalue weighted by atomic mass is 16.5. The van der Waals surface area contributed by atoms with E-state index < -0.39 is 0 Å². The molecule has 1 aliphatic carbocycles. The molecule has 92 valence electrons. The molecule has 1 aromatic rings. The van der Waals surface area contributed by atoms with Crippen LogP contribution in [0.5, 0.6) is 0 Å². The fourth-order valence-electron chi connectivity index (χ4n) is 2.59. The largest absolute Gasteiger partial charge is 0.461 e. The Labute approximate surface area is 100.0 Å². The molecule has 0 saturated heterocycles. The second kappa shape index (κ2) is 4.49. The fourth-order valence-corrected chi connectivity index (χ4v) is 2.59. The molecule has 3 rings (SSSR count). The first-order valence-electron chi connectivity index (χ1n) is 6.28. The average Bonchev–Trinajstić information content (AvgIpc) is 2.97. The second-order valence-electron chi connectivity index (χ2n) is 4.81. The summed E-state index contributed by atoms with van der Waals surface area (Å²) in [7, 11) is 0. The minimum absolute atomic E-state index is 0.120. The van der Waals surface area contributed by atoms with Crippen molar-refractivity contribution in [2.24, 2.45) is 0 Å². The highest BCUT2D eigenvalue weighted by molar-refractivity contribution is 5.76. The molecular formula is C12H17N3O2. The van der Waals surface area contributed by atoms with E-state index in [0.29, 0.717) is 13.0 Å². The molecular weight excluding hydrogens is 218 g/mol. The van der Waals surface area contributed by atoms with Gasteiger partial charge < -0.3 is 9.72 Å². The van der Waals surface area contributed by atoms with E-state index >= 15 is 0 Å². The van der Waals surface area contributed by atoms with Gasteiger partial charge in [0.2, 0.25) is 0 Å². The van der Waals surface area contributed by atoms with E-state index in [1.807, 2.05) is 0 Å². The predicted molar refractivity (Wildman–Crippen MR) is 61.3 cm³/mol. The zero-order chi connectivity index (χ0) is 11.7. The van der Waals surface area contributed by atoms with Crippen molar-refractivity contribution in [3.63, 3.8) is 0 Å². The van der Waals surface area contributed by atoms with Gasteiger partial charge in [0, 0.05) is 13.0 Å². The van der Waals surface area contributed by atoms with Crippen LogP contribution in [0.3, 0.4) is 0 Å². The number of nitrogens with one attached hydrogen (secondary N) is 2. The van der Waals surface area contributed by atoms with E-state index in [1.54, 1.807) is 6.33 Å². The van der Waals surface area contributed by atoms with Crippen molar-refractivity contribution in [3.8, 4) is 0 Å². The number of nitrogens with zero attached hydrogens (tertiary/aromatic N) is 1. The summed E-state index contributed by atoms with van der Waals surface area (Å²) in [6.07, 6.45) is 6.85. The Morgan fingerprint density at radius 3 is 3.06 bits per heavy atom. The highest BCUT2D eigenvalue weighted by Gasteiger charge is 2.29. The van der Waals surface area contributed by atoms with Crippen molar-refractivity contribution in [1.29, 1.82) is 0 Å². The first-order chi connectivity index (χ1) is 8.33.